The zero-order chi connectivity index (χ0) is 26.6. The van der Waals surface area contributed by atoms with E-state index in [2.05, 4.69) is 12.2 Å². The molecule has 8 nitrogen and oxygen atoms in total. The maximum absolute atomic E-state index is 13.1. The largest absolute Gasteiger partial charge is 0.457 e. The van der Waals surface area contributed by atoms with Crippen molar-refractivity contribution in [1.82, 2.24) is 0 Å². The van der Waals surface area contributed by atoms with Crippen LogP contribution >= 0.6 is 0 Å². The van der Waals surface area contributed by atoms with Crippen LogP contribution in [0.15, 0.2) is 47.6 Å². The first kappa shape index (κ1) is 26.4. The SMILES string of the molecule is CO[C@H]1C[C@H]2C=CC3C4C(O)[C@@H](C)[C@@H](OC(=O)C5=CC=CC5)[C@@H]3O[C@]42/C(C)=C/[C@@H](C)[C@@H]([C@@H](C)O)OC1=O. The number of methoxy groups -OCH3 is 1. The summed E-state index contributed by atoms with van der Waals surface area (Å²) in [4.78, 5) is 26.0. The average Bonchev–Trinajstić information content (AvgIpc) is 3.46. The number of cyclic esters (lactones) is 1. The molecule has 12 atom stereocenters. The number of allylic oxidation sites excluding steroid dienone is 3. The molecule has 0 radical (unpaired) electrons. The van der Waals surface area contributed by atoms with E-state index in [1.165, 1.54) is 7.11 Å². The van der Waals surface area contributed by atoms with E-state index < -0.39 is 48.2 Å². The Kier molecular flexibility index (Phi) is 6.98. The summed E-state index contributed by atoms with van der Waals surface area (Å²) in [7, 11) is 1.47. The lowest BCUT2D eigenvalue weighted by atomic mass is 9.57. The van der Waals surface area contributed by atoms with Crippen LogP contribution in [0.1, 0.15) is 40.5 Å². The first-order chi connectivity index (χ1) is 17.6. The van der Waals surface area contributed by atoms with Gasteiger partial charge in [0.1, 0.15) is 23.9 Å². The van der Waals surface area contributed by atoms with Gasteiger partial charge in [-0.05, 0) is 32.3 Å². The van der Waals surface area contributed by atoms with Crippen LogP contribution in [-0.4, -0.2) is 71.5 Å². The standard InChI is InChI=1S/C29H38O8/c1-14-12-15(2)29-19(13-21(34-5)28(33)35-24(14)17(4)30)10-11-20-22(29)23(31)16(3)25(26(20)37-29)36-27(32)18-8-6-7-9-18/h6-8,10-12,14,16-17,19-26,30-31H,9,13H2,1-5H3/b15-12+/t14-,16-,17-,19-,20?,21+,22?,23?,24+,25-,26-,29+/m1/s1. The molecule has 1 spiro atoms. The van der Waals surface area contributed by atoms with Crippen LogP contribution in [0.4, 0.5) is 0 Å². The highest BCUT2D eigenvalue weighted by atomic mass is 16.6. The van der Waals surface area contributed by atoms with E-state index in [9.17, 15) is 19.8 Å². The van der Waals surface area contributed by atoms with E-state index in [-0.39, 0.29) is 42.0 Å². The van der Waals surface area contributed by atoms with Gasteiger partial charge in [-0.15, -0.1) is 0 Å². The Morgan fingerprint density at radius 2 is 2.03 bits per heavy atom. The maximum atomic E-state index is 13.1. The molecule has 202 valence electrons. The Balaban J connectivity index is 1.56. The third-order valence-electron chi connectivity index (χ3n) is 9.15. The highest BCUT2D eigenvalue weighted by Crippen LogP contribution is 2.61. The van der Waals surface area contributed by atoms with Gasteiger partial charge < -0.3 is 29.2 Å². The fourth-order valence-electron chi connectivity index (χ4n) is 7.30. The van der Waals surface area contributed by atoms with E-state index >= 15 is 0 Å². The van der Waals surface area contributed by atoms with Gasteiger partial charge in [0.25, 0.3) is 0 Å². The van der Waals surface area contributed by atoms with Crippen LogP contribution in [-0.2, 0) is 28.5 Å². The minimum Gasteiger partial charge on any atom is -0.457 e. The molecule has 2 heterocycles. The minimum atomic E-state index is -0.918. The zero-order valence-corrected chi connectivity index (χ0v) is 22.1. The van der Waals surface area contributed by atoms with Crippen molar-refractivity contribution in [2.45, 2.75) is 82.8 Å². The van der Waals surface area contributed by atoms with Gasteiger partial charge in [-0.1, -0.05) is 50.3 Å². The number of rotatable bonds is 4. The normalized spacial score (nSPS) is 46.8. The molecule has 37 heavy (non-hydrogen) atoms. The summed E-state index contributed by atoms with van der Waals surface area (Å²) < 4.78 is 24.3. The number of carbonyl (C=O) groups is 2. The van der Waals surface area contributed by atoms with Gasteiger partial charge in [0, 0.05) is 42.3 Å². The lowest BCUT2D eigenvalue weighted by Crippen LogP contribution is -2.57. The van der Waals surface area contributed by atoms with Crippen molar-refractivity contribution < 1.29 is 38.7 Å². The summed E-state index contributed by atoms with van der Waals surface area (Å²) in [6, 6.07) is 0. The van der Waals surface area contributed by atoms with Gasteiger partial charge >= 0.3 is 11.9 Å². The van der Waals surface area contributed by atoms with Gasteiger partial charge in [-0.3, -0.25) is 0 Å². The molecule has 1 saturated heterocycles. The predicted molar refractivity (Wildman–Crippen MR) is 134 cm³/mol. The predicted octanol–water partition coefficient (Wildman–Crippen LogP) is 2.64. The van der Waals surface area contributed by atoms with Gasteiger partial charge in [0.05, 0.1) is 12.2 Å². The molecule has 8 heteroatoms. The molecule has 0 aromatic heterocycles. The quantitative estimate of drug-likeness (QED) is 0.435. The lowest BCUT2D eigenvalue weighted by Gasteiger charge is -2.48. The Labute approximate surface area is 218 Å². The number of aliphatic hydroxyl groups excluding tert-OH is 2. The van der Waals surface area contributed by atoms with Crippen LogP contribution in [0.25, 0.3) is 0 Å². The van der Waals surface area contributed by atoms with Crippen molar-refractivity contribution in [2.24, 2.45) is 29.6 Å². The van der Waals surface area contributed by atoms with E-state index in [0.29, 0.717) is 12.0 Å². The lowest BCUT2D eigenvalue weighted by molar-refractivity contribution is -0.173. The fraction of sp³-hybridized carbons (Fsp3) is 0.655. The van der Waals surface area contributed by atoms with Crippen LogP contribution in [0.5, 0.6) is 0 Å². The number of ether oxygens (including phenoxy) is 4. The highest BCUT2D eigenvalue weighted by Gasteiger charge is 2.69. The molecule has 3 aliphatic carbocycles. The van der Waals surface area contributed by atoms with Gasteiger partial charge in [-0.25, -0.2) is 9.59 Å². The first-order valence-corrected chi connectivity index (χ1v) is 13.3. The van der Waals surface area contributed by atoms with E-state index in [1.54, 1.807) is 13.0 Å². The van der Waals surface area contributed by atoms with Crippen molar-refractivity contribution in [3.05, 3.63) is 47.6 Å². The molecule has 5 rings (SSSR count). The molecule has 3 unspecified atom stereocenters. The molecule has 4 bridgehead atoms. The van der Waals surface area contributed by atoms with Crippen LogP contribution in [0.2, 0.25) is 0 Å². The fourth-order valence-corrected chi connectivity index (χ4v) is 7.30. The van der Waals surface area contributed by atoms with Crippen molar-refractivity contribution in [3.8, 4) is 0 Å². The summed E-state index contributed by atoms with van der Waals surface area (Å²) in [5, 5.41) is 22.1. The molecule has 2 N–H and O–H groups in total. The highest BCUT2D eigenvalue weighted by molar-refractivity contribution is 5.90. The molecule has 0 aromatic carbocycles. The second-order valence-corrected chi connectivity index (χ2v) is 11.3. The van der Waals surface area contributed by atoms with Crippen molar-refractivity contribution in [1.29, 1.82) is 0 Å². The third-order valence-corrected chi connectivity index (χ3v) is 9.15. The number of hydrogen-bond donors (Lipinski definition) is 2. The summed E-state index contributed by atoms with van der Waals surface area (Å²) in [5.74, 6) is -2.28. The minimum absolute atomic E-state index is 0.155. The summed E-state index contributed by atoms with van der Waals surface area (Å²) >= 11 is 0. The third kappa shape index (κ3) is 4.13. The van der Waals surface area contributed by atoms with Gasteiger partial charge in [0.15, 0.2) is 6.10 Å². The summed E-state index contributed by atoms with van der Waals surface area (Å²) in [6.45, 7) is 7.39. The van der Waals surface area contributed by atoms with Crippen molar-refractivity contribution >= 4 is 11.9 Å². The monoisotopic (exact) mass is 514 g/mol. The maximum Gasteiger partial charge on any atom is 0.335 e. The molecular weight excluding hydrogens is 476 g/mol. The van der Waals surface area contributed by atoms with E-state index in [0.717, 1.165) is 5.57 Å². The molecule has 5 aliphatic rings. The summed E-state index contributed by atoms with van der Waals surface area (Å²) in [6.07, 6.45) is 8.06. The number of aliphatic hydroxyl groups is 2. The van der Waals surface area contributed by atoms with Crippen LogP contribution < -0.4 is 0 Å². The van der Waals surface area contributed by atoms with Gasteiger partial charge in [0.2, 0.25) is 0 Å². The molecule has 0 amide bonds. The Bertz CT molecular complexity index is 1060. The second kappa shape index (κ2) is 9.80. The Morgan fingerprint density at radius 1 is 1.27 bits per heavy atom. The Hall–Kier alpha value is -2.26. The smallest absolute Gasteiger partial charge is 0.335 e. The van der Waals surface area contributed by atoms with Gasteiger partial charge in [-0.2, -0.15) is 0 Å². The van der Waals surface area contributed by atoms with Crippen molar-refractivity contribution in [3.63, 3.8) is 0 Å². The molecule has 0 aromatic rings. The topological polar surface area (TPSA) is 112 Å². The molecule has 1 saturated carbocycles. The Morgan fingerprint density at radius 3 is 2.68 bits per heavy atom. The first-order valence-electron chi connectivity index (χ1n) is 13.3. The number of esters is 2. The second-order valence-electron chi connectivity index (χ2n) is 11.3. The molecular formula is C29H38O8. The zero-order valence-electron chi connectivity index (χ0n) is 22.1. The average molecular weight is 515 g/mol. The van der Waals surface area contributed by atoms with Crippen LogP contribution in [0, 0.1) is 29.6 Å². The summed E-state index contributed by atoms with van der Waals surface area (Å²) in [5.41, 5.74) is 0.579. The number of carbonyl (C=O) groups excluding carboxylic acids is 2. The number of hydrogen-bond acceptors (Lipinski definition) is 8. The molecule has 2 aliphatic heterocycles. The van der Waals surface area contributed by atoms with Crippen LogP contribution in [0.3, 0.4) is 0 Å². The van der Waals surface area contributed by atoms with E-state index in [4.69, 9.17) is 18.9 Å². The van der Waals surface area contributed by atoms with E-state index in [1.807, 2.05) is 39.0 Å². The van der Waals surface area contributed by atoms with Crippen molar-refractivity contribution in [2.75, 3.05) is 7.11 Å². The molecule has 2 fully saturated rings.